The maximum atomic E-state index is 13.3. The van der Waals surface area contributed by atoms with Crippen molar-refractivity contribution in [2.75, 3.05) is 18.0 Å². The third-order valence-electron chi connectivity index (χ3n) is 5.72. The molecule has 1 fully saturated rings. The Morgan fingerprint density at radius 3 is 2.41 bits per heavy atom. The zero-order chi connectivity index (χ0) is 19.0. The number of carbonyl (C=O) groups excluding carboxylic acids is 2. The second-order valence-electron chi connectivity index (χ2n) is 7.83. The van der Waals surface area contributed by atoms with Crippen LogP contribution in [0.4, 0.5) is 5.69 Å². The molecule has 4 nitrogen and oxygen atoms in total. The van der Waals surface area contributed by atoms with E-state index >= 15 is 0 Å². The molecule has 0 saturated carbocycles. The van der Waals surface area contributed by atoms with Crippen molar-refractivity contribution >= 4 is 17.5 Å². The Kier molecular flexibility index (Phi) is 4.73. The molecule has 1 unspecified atom stereocenters. The van der Waals surface area contributed by atoms with Gasteiger partial charge in [-0.3, -0.25) is 9.59 Å². The van der Waals surface area contributed by atoms with Gasteiger partial charge in [0.1, 0.15) is 0 Å². The highest BCUT2D eigenvalue weighted by Gasteiger charge is 2.33. The van der Waals surface area contributed by atoms with Crippen LogP contribution in [0.25, 0.3) is 0 Å². The van der Waals surface area contributed by atoms with Gasteiger partial charge in [-0.05, 0) is 54.2 Å². The zero-order valence-corrected chi connectivity index (χ0v) is 16.0. The molecule has 2 aromatic carbocycles. The van der Waals surface area contributed by atoms with Crippen molar-refractivity contribution in [1.82, 2.24) is 4.90 Å². The predicted octanol–water partition coefficient (Wildman–Crippen LogP) is 4.21. The summed E-state index contributed by atoms with van der Waals surface area (Å²) in [6.07, 6.45) is 2.41. The molecular formula is C23H26N2O2. The molecule has 4 rings (SSSR count). The van der Waals surface area contributed by atoms with Gasteiger partial charge in [-0.25, -0.2) is 0 Å². The Morgan fingerprint density at radius 2 is 1.74 bits per heavy atom. The van der Waals surface area contributed by atoms with E-state index in [0.717, 1.165) is 31.6 Å². The molecule has 4 heteroatoms. The van der Waals surface area contributed by atoms with Gasteiger partial charge < -0.3 is 9.80 Å². The summed E-state index contributed by atoms with van der Waals surface area (Å²) in [5.41, 5.74) is 4.20. The highest BCUT2D eigenvalue weighted by molar-refractivity contribution is 5.97. The molecule has 2 aromatic rings. The number of rotatable bonds is 3. The molecule has 2 aliphatic heterocycles. The Labute approximate surface area is 160 Å². The Balaban J connectivity index is 1.59. The first-order valence-corrected chi connectivity index (χ1v) is 9.85. The van der Waals surface area contributed by atoms with Crippen LogP contribution in [-0.2, 0) is 11.2 Å². The van der Waals surface area contributed by atoms with Gasteiger partial charge in [0.15, 0.2) is 0 Å². The molecular weight excluding hydrogens is 336 g/mol. The second kappa shape index (κ2) is 7.18. The number of benzene rings is 2. The number of hydrogen-bond acceptors (Lipinski definition) is 2. The van der Waals surface area contributed by atoms with E-state index in [2.05, 4.69) is 38.1 Å². The summed E-state index contributed by atoms with van der Waals surface area (Å²) in [4.78, 5) is 29.0. The highest BCUT2D eigenvalue weighted by Crippen LogP contribution is 2.36. The molecule has 1 saturated heterocycles. The third-order valence-corrected chi connectivity index (χ3v) is 5.72. The van der Waals surface area contributed by atoms with Crippen molar-refractivity contribution in [3.05, 3.63) is 65.2 Å². The first kappa shape index (κ1) is 17.8. The van der Waals surface area contributed by atoms with Gasteiger partial charge in [-0.1, -0.05) is 38.1 Å². The van der Waals surface area contributed by atoms with Crippen LogP contribution in [0.15, 0.2) is 48.5 Å². The molecule has 0 N–H and O–H groups in total. The van der Waals surface area contributed by atoms with Crippen molar-refractivity contribution in [3.63, 3.8) is 0 Å². The molecule has 0 bridgehead atoms. The van der Waals surface area contributed by atoms with Crippen molar-refractivity contribution in [2.24, 2.45) is 5.92 Å². The molecule has 2 heterocycles. The van der Waals surface area contributed by atoms with E-state index in [1.807, 2.05) is 34.1 Å². The Morgan fingerprint density at radius 1 is 1.00 bits per heavy atom. The lowest BCUT2D eigenvalue weighted by atomic mass is 9.86. The van der Waals surface area contributed by atoms with Gasteiger partial charge in [0.2, 0.25) is 5.91 Å². The van der Waals surface area contributed by atoms with Crippen molar-refractivity contribution < 1.29 is 9.59 Å². The monoisotopic (exact) mass is 362 g/mol. The van der Waals surface area contributed by atoms with Gasteiger partial charge in [0.05, 0.1) is 6.04 Å². The predicted molar refractivity (Wildman–Crippen MR) is 107 cm³/mol. The van der Waals surface area contributed by atoms with Crippen LogP contribution in [0.2, 0.25) is 0 Å². The van der Waals surface area contributed by atoms with Crippen LogP contribution in [0.1, 0.15) is 54.2 Å². The number of hydrogen-bond donors (Lipinski definition) is 0. The molecule has 0 radical (unpaired) electrons. The van der Waals surface area contributed by atoms with Crippen LogP contribution >= 0.6 is 0 Å². The summed E-state index contributed by atoms with van der Waals surface area (Å²) in [5.74, 6) is 0.584. The van der Waals surface area contributed by atoms with E-state index in [-0.39, 0.29) is 17.9 Å². The maximum Gasteiger partial charge on any atom is 0.254 e. The zero-order valence-electron chi connectivity index (χ0n) is 16.0. The van der Waals surface area contributed by atoms with Crippen LogP contribution in [0, 0.1) is 5.92 Å². The van der Waals surface area contributed by atoms with Crippen LogP contribution in [-0.4, -0.2) is 29.8 Å². The lowest BCUT2D eigenvalue weighted by Crippen LogP contribution is -2.42. The highest BCUT2D eigenvalue weighted by atomic mass is 16.2. The van der Waals surface area contributed by atoms with Gasteiger partial charge in [-0.15, -0.1) is 0 Å². The molecule has 2 aliphatic rings. The molecule has 0 spiro atoms. The van der Waals surface area contributed by atoms with E-state index in [1.165, 1.54) is 11.1 Å². The first-order valence-electron chi connectivity index (χ1n) is 9.85. The summed E-state index contributed by atoms with van der Waals surface area (Å²) in [6.45, 7) is 5.86. The fourth-order valence-electron chi connectivity index (χ4n) is 4.42. The molecule has 27 heavy (non-hydrogen) atoms. The average molecular weight is 362 g/mol. The van der Waals surface area contributed by atoms with E-state index in [9.17, 15) is 9.59 Å². The van der Waals surface area contributed by atoms with Crippen LogP contribution in [0.3, 0.4) is 0 Å². The number of fused-ring (bicyclic) bond motifs is 1. The minimum atomic E-state index is 0.0718. The standard InChI is InChI=1S/C23H26N2O2/c1-16(2)22-20-7-4-3-6-17(20)13-15-25(22)23(27)18-9-11-19(12-10-18)24-14-5-8-21(24)26/h3-4,6-7,9-12,16,22H,5,8,13-15H2,1-2H3. The summed E-state index contributed by atoms with van der Waals surface area (Å²) in [5, 5.41) is 0. The van der Waals surface area contributed by atoms with Crippen LogP contribution < -0.4 is 4.90 Å². The van der Waals surface area contributed by atoms with Gasteiger partial charge in [0, 0.05) is 30.8 Å². The topological polar surface area (TPSA) is 40.6 Å². The van der Waals surface area contributed by atoms with Gasteiger partial charge in [0.25, 0.3) is 5.91 Å². The molecule has 140 valence electrons. The number of nitrogens with zero attached hydrogens (tertiary/aromatic N) is 2. The third kappa shape index (κ3) is 3.25. The summed E-state index contributed by atoms with van der Waals surface area (Å²) in [6, 6.07) is 16.1. The van der Waals surface area contributed by atoms with E-state index in [4.69, 9.17) is 0 Å². The fourth-order valence-corrected chi connectivity index (χ4v) is 4.42. The van der Waals surface area contributed by atoms with E-state index < -0.39 is 0 Å². The summed E-state index contributed by atoms with van der Waals surface area (Å²) < 4.78 is 0. The smallest absolute Gasteiger partial charge is 0.254 e. The van der Waals surface area contributed by atoms with E-state index in [0.29, 0.717) is 17.9 Å². The molecule has 0 aromatic heterocycles. The number of carbonyl (C=O) groups is 2. The van der Waals surface area contributed by atoms with Crippen LogP contribution in [0.5, 0.6) is 0 Å². The number of amides is 2. The minimum Gasteiger partial charge on any atom is -0.331 e. The summed E-state index contributed by atoms with van der Waals surface area (Å²) in [7, 11) is 0. The molecule has 0 aliphatic carbocycles. The first-order chi connectivity index (χ1) is 13.1. The normalized spacial score (nSPS) is 19.5. The van der Waals surface area contributed by atoms with Gasteiger partial charge >= 0.3 is 0 Å². The lowest BCUT2D eigenvalue weighted by Gasteiger charge is -2.40. The minimum absolute atomic E-state index is 0.0718. The van der Waals surface area contributed by atoms with Crippen molar-refractivity contribution in [2.45, 2.75) is 39.2 Å². The SMILES string of the molecule is CC(C)C1c2ccccc2CCN1C(=O)c1ccc(N2CCCC2=O)cc1. The quantitative estimate of drug-likeness (QED) is 0.821. The second-order valence-corrected chi connectivity index (χ2v) is 7.83. The Hall–Kier alpha value is -2.62. The molecule has 1 atom stereocenters. The Bertz CT molecular complexity index is 857. The summed E-state index contributed by atoms with van der Waals surface area (Å²) >= 11 is 0. The fraction of sp³-hybridized carbons (Fsp3) is 0.391. The maximum absolute atomic E-state index is 13.3. The van der Waals surface area contributed by atoms with Gasteiger partial charge in [-0.2, -0.15) is 0 Å². The number of anilines is 1. The lowest BCUT2D eigenvalue weighted by molar-refractivity contribution is -0.117. The average Bonchev–Trinajstić information content (AvgIpc) is 3.12. The van der Waals surface area contributed by atoms with Crippen molar-refractivity contribution in [1.29, 1.82) is 0 Å². The largest absolute Gasteiger partial charge is 0.331 e. The molecule has 2 amide bonds. The van der Waals surface area contributed by atoms with Crippen molar-refractivity contribution in [3.8, 4) is 0 Å². The van der Waals surface area contributed by atoms with E-state index in [1.54, 1.807) is 0 Å².